The van der Waals surface area contributed by atoms with Gasteiger partial charge < -0.3 is 19.5 Å². The second kappa shape index (κ2) is 13.3. The first-order valence-corrected chi connectivity index (χ1v) is 11.3. The first-order valence-electron chi connectivity index (χ1n) is 11.3. The molecule has 0 spiro atoms. The van der Waals surface area contributed by atoms with Crippen molar-refractivity contribution in [3.05, 3.63) is 83.9 Å². The maximum absolute atomic E-state index is 12.4. The Labute approximate surface area is 209 Å². The first kappa shape index (κ1) is 26.0. The summed E-state index contributed by atoms with van der Waals surface area (Å²) < 4.78 is 16.1. The molecule has 36 heavy (non-hydrogen) atoms. The standard InChI is InChI=1S/C27H27N3O6/c1-3-4-17-35-21-15-11-20(12-16-21)27(33)36-22-13-9-19(10-14-22)18-28-30-26(32)25(31)29-23-7-5-6-8-24(23)34-2/h5-16,18H,3-4,17H2,1-2H3,(H,29,31)(H,30,32). The van der Waals surface area contributed by atoms with Gasteiger partial charge >= 0.3 is 17.8 Å². The quantitative estimate of drug-likeness (QED) is 0.110. The molecule has 0 unspecified atom stereocenters. The zero-order valence-corrected chi connectivity index (χ0v) is 20.0. The number of para-hydroxylation sites is 2. The number of hydrogen-bond acceptors (Lipinski definition) is 7. The molecule has 0 saturated heterocycles. The number of nitrogens with zero attached hydrogens (tertiary/aromatic N) is 1. The summed E-state index contributed by atoms with van der Waals surface area (Å²) in [6.07, 6.45) is 3.37. The van der Waals surface area contributed by atoms with Crippen LogP contribution in [0.15, 0.2) is 77.9 Å². The number of esters is 1. The van der Waals surface area contributed by atoms with E-state index in [1.807, 2.05) is 0 Å². The summed E-state index contributed by atoms with van der Waals surface area (Å²) in [5.41, 5.74) is 3.55. The highest BCUT2D eigenvalue weighted by atomic mass is 16.5. The highest BCUT2D eigenvalue weighted by molar-refractivity contribution is 6.39. The normalized spacial score (nSPS) is 10.5. The lowest BCUT2D eigenvalue weighted by Gasteiger charge is -2.08. The van der Waals surface area contributed by atoms with Crippen molar-refractivity contribution in [1.82, 2.24) is 5.43 Å². The summed E-state index contributed by atoms with van der Waals surface area (Å²) >= 11 is 0. The zero-order valence-electron chi connectivity index (χ0n) is 20.0. The van der Waals surface area contributed by atoms with Crippen LogP contribution in [0.5, 0.6) is 17.2 Å². The molecule has 0 heterocycles. The molecule has 0 atom stereocenters. The largest absolute Gasteiger partial charge is 0.495 e. The van der Waals surface area contributed by atoms with Crippen LogP contribution in [0.3, 0.4) is 0 Å². The average Bonchev–Trinajstić information content (AvgIpc) is 2.90. The van der Waals surface area contributed by atoms with Crippen LogP contribution in [0.25, 0.3) is 0 Å². The van der Waals surface area contributed by atoms with Crippen molar-refractivity contribution in [2.75, 3.05) is 19.0 Å². The summed E-state index contributed by atoms with van der Waals surface area (Å²) in [7, 11) is 1.46. The van der Waals surface area contributed by atoms with Gasteiger partial charge in [-0.05, 0) is 72.6 Å². The predicted molar refractivity (Wildman–Crippen MR) is 136 cm³/mol. The van der Waals surface area contributed by atoms with Crippen LogP contribution < -0.4 is 25.0 Å². The summed E-state index contributed by atoms with van der Waals surface area (Å²) in [5.74, 6) is -0.848. The molecule has 3 aromatic rings. The maximum Gasteiger partial charge on any atom is 0.343 e. The number of ether oxygens (including phenoxy) is 3. The van der Waals surface area contributed by atoms with Gasteiger partial charge in [-0.25, -0.2) is 10.2 Å². The topological polar surface area (TPSA) is 115 Å². The lowest BCUT2D eigenvalue weighted by atomic mass is 10.2. The Kier molecular flexibility index (Phi) is 9.58. The highest BCUT2D eigenvalue weighted by Crippen LogP contribution is 2.22. The molecule has 0 fully saturated rings. The Balaban J connectivity index is 1.48. The maximum atomic E-state index is 12.4. The van der Waals surface area contributed by atoms with Crippen LogP contribution in [0.4, 0.5) is 5.69 Å². The van der Waals surface area contributed by atoms with Gasteiger partial charge in [-0.1, -0.05) is 25.5 Å². The number of rotatable bonds is 10. The summed E-state index contributed by atoms with van der Waals surface area (Å²) in [6.45, 7) is 2.72. The van der Waals surface area contributed by atoms with Gasteiger partial charge in [-0.2, -0.15) is 5.10 Å². The van der Waals surface area contributed by atoms with Gasteiger partial charge in [0, 0.05) is 0 Å². The minimum atomic E-state index is -0.940. The van der Waals surface area contributed by atoms with Gasteiger partial charge in [0.05, 0.1) is 31.2 Å². The van der Waals surface area contributed by atoms with Gasteiger partial charge in [0.25, 0.3) is 0 Å². The SMILES string of the molecule is CCCCOc1ccc(C(=O)Oc2ccc(C=NNC(=O)C(=O)Nc3ccccc3OC)cc2)cc1. The Morgan fingerprint density at radius 3 is 2.28 bits per heavy atom. The van der Waals surface area contributed by atoms with Crippen molar-refractivity contribution in [3.8, 4) is 17.2 Å². The minimum Gasteiger partial charge on any atom is -0.495 e. The molecule has 0 aliphatic heterocycles. The van der Waals surface area contributed by atoms with Crippen LogP contribution in [0, 0.1) is 0 Å². The van der Waals surface area contributed by atoms with Crippen molar-refractivity contribution in [2.45, 2.75) is 19.8 Å². The molecule has 2 N–H and O–H groups in total. The smallest absolute Gasteiger partial charge is 0.343 e. The second-order valence-corrected chi connectivity index (χ2v) is 7.54. The Morgan fingerprint density at radius 1 is 0.889 bits per heavy atom. The van der Waals surface area contributed by atoms with Crippen molar-refractivity contribution >= 4 is 29.7 Å². The van der Waals surface area contributed by atoms with E-state index in [0.717, 1.165) is 12.8 Å². The van der Waals surface area contributed by atoms with Crippen molar-refractivity contribution in [2.24, 2.45) is 5.10 Å². The Bertz CT molecular complexity index is 1210. The van der Waals surface area contributed by atoms with E-state index in [2.05, 4.69) is 22.8 Å². The number of anilines is 1. The molecule has 0 radical (unpaired) electrons. The number of benzene rings is 3. The summed E-state index contributed by atoms with van der Waals surface area (Å²) in [4.78, 5) is 36.4. The fourth-order valence-electron chi connectivity index (χ4n) is 2.95. The summed E-state index contributed by atoms with van der Waals surface area (Å²) in [5, 5.41) is 6.24. The summed E-state index contributed by atoms with van der Waals surface area (Å²) in [6, 6.07) is 20.0. The van der Waals surface area contributed by atoms with Gasteiger partial charge in [0.15, 0.2) is 0 Å². The van der Waals surface area contributed by atoms with Crippen molar-refractivity contribution in [1.29, 1.82) is 0 Å². The number of carbonyl (C=O) groups excluding carboxylic acids is 3. The Morgan fingerprint density at radius 2 is 1.58 bits per heavy atom. The van der Waals surface area contributed by atoms with Crippen molar-refractivity contribution < 1.29 is 28.6 Å². The number of nitrogens with one attached hydrogen (secondary N) is 2. The molecule has 9 heteroatoms. The highest BCUT2D eigenvalue weighted by Gasteiger charge is 2.15. The van der Waals surface area contributed by atoms with E-state index >= 15 is 0 Å². The van der Waals surface area contributed by atoms with Gasteiger partial charge in [0.1, 0.15) is 17.2 Å². The number of methoxy groups -OCH3 is 1. The lowest BCUT2D eigenvalue weighted by molar-refractivity contribution is -0.136. The van der Waals surface area contributed by atoms with Crippen LogP contribution in [-0.2, 0) is 9.59 Å². The number of hydrazone groups is 1. The molecule has 9 nitrogen and oxygen atoms in total. The number of amides is 2. The molecular weight excluding hydrogens is 462 g/mol. The fourth-order valence-corrected chi connectivity index (χ4v) is 2.95. The van der Waals surface area contributed by atoms with Gasteiger partial charge in [-0.15, -0.1) is 0 Å². The average molecular weight is 490 g/mol. The van der Waals surface area contributed by atoms with Crippen LogP contribution in [0.2, 0.25) is 0 Å². The third-order valence-electron chi connectivity index (χ3n) is 4.89. The number of unbranched alkanes of at least 4 members (excludes halogenated alkanes) is 1. The number of hydrogen-bond donors (Lipinski definition) is 2. The molecule has 0 aliphatic carbocycles. The molecule has 0 saturated carbocycles. The zero-order chi connectivity index (χ0) is 25.8. The molecular formula is C27H27N3O6. The van der Waals surface area contributed by atoms with Crippen LogP contribution in [-0.4, -0.2) is 37.7 Å². The van der Waals surface area contributed by atoms with Crippen LogP contribution in [0.1, 0.15) is 35.7 Å². The van der Waals surface area contributed by atoms with E-state index in [1.165, 1.54) is 13.3 Å². The molecule has 0 aromatic heterocycles. The van der Waals surface area contributed by atoms with Gasteiger partial charge in [0.2, 0.25) is 0 Å². The Hall–Kier alpha value is -4.66. The first-order chi connectivity index (χ1) is 17.5. The predicted octanol–water partition coefficient (Wildman–Crippen LogP) is 4.18. The van der Waals surface area contributed by atoms with Gasteiger partial charge in [-0.3, -0.25) is 9.59 Å². The van der Waals surface area contributed by atoms with E-state index < -0.39 is 17.8 Å². The van der Waals surface area contributed by atoms with E-state index in [-0.39, 0.29) is 0 Å². The van der Waals surface area contributed by atoms with Crippen molar-refractivity contribution in [3.63, 3.8) is 0 Å². The molecule has 2 amide bonds. The molecule has 3 rings (SSSR count). The van der Waals surface area contributed by atoms with E-state index in [9.17, 15) is 14.4 Å². The third-order valence-corrected chi connectivity index (χ3v) is 4.89. The van der Waals surface area contributed by atoms with E-state index in [1.54, 1.807) is 72.8 Å². The third kappa shape index (κ3) is 7.69. The van der Waals surface area contributed by atoms with E-state index in [4.69, 9.17) is 14.2 Å². The minimum absolute atomic E-state index is 0.348. The molecule has 0 bridgehead atoms. The second-order valence-electron chi connectivity index (χ2n) is 7.54. The molecule has 0 aliphatic rings. The van der Waals surface area contributed by atoms with Crippen LogP contribution >= 0.6 is 0 Å². The fraction of sp³-hybridized carbons (Fsp3) is 0.185. The lowest BCUT2D eigenvalue weighted by Crippen LogP contribution is -2.32. The monoisotopic (exact) mass is 489 g/mol. The van der Waals surface area contributed by atoms with E-state index in [0.29, 0.717) is 40.7 Å². The molecule has 3 aromatic carbocycles. The number of carbonyl (C=O) groups is 3. The molecule has 186 valence electrons.